The van der Waals surface area contributed by atoms with E-state index in [9.17, 15) is 19.2 Å². The zero-order valence-electron chi connectivity index (χ0n) is 27.7. The first-order valence-electron chi connectivity index (χ1n) is 17.9. The molecule has 0 spiro atoms. The van der Waals surface area contributed by atoms with Gasteiger partial charge in [-0.05, 0) is 47.0 Å². The first kappa shape index (κ1) is 35.3. The molecule has 0 N–H and O–H groups in total. The van der Waals surface area contributed by atoms with Crippen molar-refractivity contribution in [3.63, 3.8) is 0 Å². The summed E-state index contributed by atoms with van der Waals surface area (Å²) in [4.78, 5) is 55.3. The minimum absolute atomic E-state index is 0.311. The normalized spacial score (nSPS) is 12.0. The highest BCUT2D eigenvalue weighted by molar-refractivity contribution is 9.10. The van der Waals surface area contributed by atoms with Crippen LogP contribution in [0.25, 0.3) is 32.3 Å². The van der Waals surface area contributed by atoms with Gasteiger partial charge in [0.2, 0.25) is 0 Å². The fourth-order valence-corrected chi connectivity index (χ4v) is 7.54. The summed E-state index contributed by atoms with van der Waals surface area (Å²) in [5, 5.41) is 2.16. The number of halogens is 1. The van der Waals surface area contributed by atoms with Crippen molar-refractivity contribution in [2.24, 2.45) is 0 Å². The lowest BCUT2D eigenvalue weighted by molar-refractivity contribution is 0.527. The zero-order chi connectivity index (χ0) is 32.2. The number of unbranched alkanes of at least 4 members (excludes halogenated alkanes) is 18. The fraction of sp³-hybridized carbons (Fsp3) is 0.632. The number of fused-ring (bicyclic) bond motifs is 6. The second-order valence-corrected chi connectivity index (χ2v) is 13.9. The molecule has 0 aliphatic heterocycles. The van der Waals surface area contributed by atoms with Crippen LogP contribution in [0.5, 0.6) is 0 Å². The van der Waals surface area contributed by atoms with Gasteiger partial charge in [0.15, 0.2) is 0 Å². The van der Waals surface area contributed by atoms with Crippen molar-refractivity contribution in [2.75, 3.05) is 0 Å². The molecule has 0 aliphatic carbocycles. The van der Waals surface area contributed by atoms with Crippen LogP contribution in [0.15, 0.2) is 41.8 Å². The number of hydrogen-bond donors (Lipinski definition) is 0. The van der Waals surface area contributed by atoms with Gasteiger partial charge in [0, 0.05) is 44.5 Å². The maximum atomic E-state index is 13.9. The Bertz CT molecular complexity index is 1740. The smallest absolute Gasteiger partial charge is 0.262 e. The molecule has 0 radical (unpaired) electrons. The third kappa shape index (κ3) is 8.64. The van der Waals surface area contributed by atoms with E-state index >= 15 is 0 Å². The summed E-state index contributed by atoms with van der Waals surface area (Å²) in [6.07, 6.45) is 23.3. The largest absolute Gasteiger partial charge is 0.274 e. The number of rotatable bonds is 22. The monoisotopic (exact) mass is 680 g/mol. The summed E-state index contributed by atoms with van der Waals surface area (Å²) in [7, 11) is 0. The van der Waals surface area contributed by atoms with Crippen LogP contribution in [0, 0.1) is 0 Å². The van der Waals surface area contributed by atoms with Crippen LogP contribution in [0.2, 0.25) is 0 Å². The summed E-state index contributed by atoms with van der Waals surface area (Å²) in [6, 6.07) is 4.98. The molecular formula is C38H53BrN2O4. The average molecular weight is 682 g/mol. The van der Waals surface area contributed by atoms with E-state index in [1.807, 2.05) is 0 Å². The van der Waals surface area contributed by atoms with Gasteiger partial charge in [0.05, 0.1) is 5.39 Å². The number of hydrogen-bond acceptors (Lipinski definition) is 4. The van der Waals surface area contributed by atoms with E-state index in [0.29, 0.717) is 49.9 Å². The summed E-state index contributed by atoms with van der Waals surface area (Å²) < 4.78 is 3.15. The summed E-state index contributed by atoms with van der Waals surface area (Å²) in [5.41, 5.74) is -1.54. The van der Waals surface area contributed by atoms with Crippen LogP contribution in [-0.4, -0.2) is 9.13 Å². The van der Waals surface area contributed by atoms with E-state index in [4.69, 9.17) is 0 Å². The van der Waals surface area contributed by atoms with Crippen molar-refractivity contribution in [3.05, 3.63) is 64.1 Å². The Hall–Kier alpha value is -2.54. The highest BCUT2D eigenvalue weighted by Crippen LogP contribution is 2.33. The van der Waals surface area contributed by atoms with Gasteiger partial charge in [-0.1, -0.05) is 129 Å². The molecule has 6 aromatic rings. The highest BCUT2D eigenvalue weighted by Gasteiger charge is 2.22. The molecule has 0 saturated carbocycles. The Morgan fingerprint density at radius 1 is 0.444 bits per heavy atom. The molecule has 4 heterocycles. The van der Waals surface area contributed by atoms with Gasteiger partial charge < -0.3 is 0 Å². The Labute approximate surface area is 276 Å². The molecule has 246 valence electrons. The lowest BCUT2D eigenvalue weighted by atomic mass is 10.00. The Balaban J connectivity index is 1.51. The molecule has 0 saturated heterocycles. The number of nitrogens with zero attached hydrogens (tertiary/aromatic N) is 2. The Kier molecular flexibility index (Phi) is 14.1. The lowest BCUT2D eigenvalue weighted by Crippen LogP contribution is -2.30. The van der Waals surface area contributed by atoms with Gasteiger partial charge in [-0.25, -0.2) is 0 Å². The Morgan fingerprint density at radius 2 is 0.800 bits per heavy atom. The molecule has 45 heavy (non-hydrogen) atoms. The topological polar surface area (TPSA) is 78.1 Å². The standard InChI is InChI=1S/C38H53BrN2O4/c1-3-5-7-9-11-13-15-17-19-21-25-40-35(42)28-23-24-29(36(40)43)33-32(28)30-27-31(39)34(33)38(45)41(37(30)44)26-22-20-18-16-14-12-10-8-6-4-2/h23-24,27H,3-22,25-26H2,1-2H3. The predicted octanol–water partition coefficient (Wildman–Crippen LogP) is 9.67. The van der Waals surface area contributed by atoms with Crippen LogP contribution in [0.3, 0.4) is 0 Å². The van der Waals surface area contributed by atoms with Crippen molar-refractivity contribution in [1.82, 2.24) is 9.13 Å². The van der Waals surface area contributed by atoms with Crippen molar-refractivity contribution >= 4 is 48.2 Å². The number of benzene rings is 2. The fourth-order valence-electron chi connectivity index (χ4n) is 6.94. The van der Waals surface area contributed by atoms with E-state index in [1.165, 1.54) is 99.0 Å². The van der Waals surface area contributed by atoms with E-state index < -0.39 is 5.56 Å². The van der Waals surface area contributed by atoms with Crippen LogP contribution in [0.1, 0.15) is 142 Å². The molecule has 0 atom stereocenters. The van der Waals surface area contributed by atoms with E-state index in [-0.39, 0.29) is 16.7 Å². The van der Waals surface area contributed by atoms with Gasteiger partial charge in [-0.3, -0.25) is 28.3 Å². The van der Waals surface area contributed by atoms with Crippen LogP contribution >= 0.6 is 15.9 Å². The van der Waals surface area contributed by atoms with Crippen molar-refractivity contribution in [3.8, 4) is 0 Å². The van der Waals surface area contributed by atoms with Gasteiger partial charge in [-0.2, -0.15) is 0 Å². The molecule has 0 amide bonds. The van der Waals surface area contributed by atoms with Gasteiger partial charge >= 0.3 is 0 Å². The third-order valence-corrected chi connectivity index (χ3v) is 10.2. The van der Waals surface area contributed by atoms with Crippen LogP contribution in [0.4, 0.5) is 0 Å². The second-order valence-electron chi connectivity index (χ2n) is 13.1. The molecule has 2 aromatic carbocycles. The molecule has 0 fully saturated rings. The van der Waals surface area contributed by atoms with Gasteiger partial charge in [-0.15, -0.1) is 0 Å². The van der Waals surface area contributed by atoms with Gasteiger partial charge in [0.25, 0.3) is 22.2 Å². The molecule has 7 heteroatoms. The van der Waals surface area contributed by atoms with Gasteiger partial charge in [0.1, 0.15) is 0 Å². The molecule has 0 aliphatic rings. The van der Waals surface area contributed by atoms with Crippen molar-refractivity contribution in [2.45, 2.75) is 155 Å². The third-order valence-electron chi connectivity index (χ3n) is 9.59. The SMILES string of the molecule is CCCCCCCCCCCCn1c(=O)c2ccc(c1=O)c1c3c(Br)cc(c(=O)n(CCCCCCCCCCCC)c3=O)c21. The maximum Gasteiger partial charge on any atom is 0.262 e. The minimum Gasteiger partial charge on any atom is -0.274 e. The van der Waals surface area contributed by atoms with Crippen molar-refractivity contribution < 1.29 is 0 Å². The zero-order valence-corrected chi connectivity index (χ0v) is 29.3. The molecule has 4 aromatic heterocycles. The summed E-state index contributed by atoms with van der Waals surface area (Å²) in [6.45, 7) is 5.14. The summed E-state index contributed by atoms with van der Waals surface area (Å²) >= 11 is 3.53. The first-order valence-corrected chi connectivity index (χ1v) is 18.7. The predicted molar refractivity (Wildman–Crippen MR) is 194 cm³/mol. The van der Waals surface area contributed by atoms with E-state index in [0.717, 1.165) is 38.5 Å². The Morgan fingerprint density at radius 3 is 1.24 bits per heavy atom. The van der Waals surface area contributed by atoms with Crippen LogP contribution < -0.4 is 22.2 Å². The number of aromatic nitrogens is 2. The second kappa shape index (κ2) is 18.0. The lowest BCUT2D eigenvalue weighted by Gasteiger charge is -2.04. The molecule has 6 nitrogen and oxygen atoms in total. The first-order chi connectivity index (χ1) is 21.9. The van der Waals surface area contributed by atoms with E-state index in [1.54, 1.807) is 18.2 Å². The molecule has 6 rings (SSSR count). The average Bonchev–Trinajstić information content (AvgIpc) is 3.29. The quantitative estimate of drug-likeness (QED) is 0.0774. The molecular weight excluding hydrogens is 628 g/mol. The summed E-state index contributed by atoms with van der Waals surface area (Å²) in [5.74, 6) is 0. The molecule has 4 bridgehead atoms. The maximum absolute atomic E-state index is 13.9. The molecule has 0 unspecified atom stereocenters. The minimum atomic E-state index is -0.394. The van der Waals surface area contributed by atoms with Crippen molar-refractivity contribution in [1.29, 1.82) is 0 Å². The van der Waals surface area contributed by atoms with Crippen LogP contribution in [-0.2, 0) is 13.1 Å². The highest BCUT2D eigenvalue weighted by atomic mass is 79.9. The van der Waals surface area contributed by atoms with E-state index in [2.05, 4.69) is 29.8 Å².